The van der Waals surface area contributed by atoms with Gasteiger partial charge in [-0.1, -0.05) is 11.6 Å². The average molecular weight is 306 g/mol. The summed E-state index contributed by atoms with van der Waals surface area (Å²) in [6, 6.07) is 0. The van der Waals surface area contributed by atoms with E-state index >= 15 is 0 Å². The maximum Gasteiger partial charge on any atom is 0.255 e. The number of hydrogen-bond acceptors (Lipinski definition) is 5. The van der Waals surface area contributed by atoms with Crippen molar-refractivity contribution in [2.75, 3.05) is 11.9 Å². The molecule has 0 fully saturated rings. The lowest BCUT2D eigenvalue weighted by atomic mass is 10.3. The van der Waals surface area contributed by atoms with Crippen LogP contribution in [0.3, 0.4) is 0 Å². The largest absolute Gasteiger partial charge is 0.370 e. The Morgan fingerprint density at radius 3 is 3.05 bits per heavy atom. The van der Waals surface area contributed by atoms with Crippen molar-refractivity contribution in [3.63, 3.8) is 0 Å². The summed E-state index contributed by atoms with van der Waals surface area (Å²) in [6.07, 6.45) is 9.18. The second-order valence-electron chi connectivity index (χ2n) is 4.78. The third-order valence-corrected chi connectivity index (χ3v) is 3.67. The van der Waals surface area contributed by atoms with E-state index in [-0.39, 0.29) is 0 Å². The van der Waals surface area contributed by atoms with E-state index in [2.05, 4.69) is 29.9 Å². The van der Waals surface area contributed by atoms with Crippen LogP contribution in [0.2, 0.25) is 5.15 Å². The fourth-order valence-corrected chi connectivity index (χ4v) is 2.32. The molecule has 0 aromatic carbocycles. The van der Waals surface area contributed by atoms with Crippen LogP contribution in [0.1, 0.15) is 18.4 Å². The lowest BCUT2D eigenvalue weighted by Crippen LogP contribution is -2.10. The summed E-state index contributed by atoms with van der Waals surface area (Å²) in [5.41, 5.74) is 0.879. The monoisotopic (exact) mass is 305 g/mol. The highest BCUT2D eigenvalue weighted by molar-refractivity contribution is 6.30. The zero-order valence-electron chi connectivity index (χ0n) is 11.7. The predicted molar refractivity (Wildman–Crippen MR) is 80.5 cm³/mol. The van der Waals surface area contributed by atoms with Gasteiger partial charge in [0.25, 0.3) is 5.78 Å². The lowest BCUT2D eigenvalue weighted by molar-refractivity contribution is 0.620. The quantitative estimate of drug-likeness (QED) is 0.558. The number of halogens is 1. The molecule has 0 bridgehead atoms. The molecule has 0 aliphatic rings. The van der Waals surface area contributed by atoms with Gasteiger partial charge in [0, 0.05) is 31.0 Å². The molecule has 0 amide bonds. The number of nitrogens with zero attached hydrogens (tertiary/aromatic N) is 6. The first-order valence-electron chi connectivity index (χ1n) is 6.81. The third kappa shape index (κ3) is 2.97. The molecule has 110 valence electrons. The summed E-state index contributed by atoms with van der Waals surface area (Å²) in [5.74, 6) is 1.36. The molecule has 1 N–H and O–H groups in total. The van der Waals surface area contributed by atoms with Gasteiger partial charge in [-0.3, -0.25) is 0 Å². The van der Waals surface area contributed by atoms with Crippen molar-refractivity contribution >= 4 is 23.2 Å². The topological polar surface area (TPSA) is 72.9 Å². The Hall–Kier alpha value is -2.15. The zero-order valence-corrected chi connectivity index (χ0v) is 12.5. The summed E-state index contributed by atoms with van der Waals surface area (Å²) < 4.78 is 3.75. The Kier molecular flexibility index (Phi) is 4.01. The number of unbranched alkanes of at least 4 members (excludes halogenated alkanes) is 1. The molecule has 3 aromatic rings. The highest BCUT2D eigenvalue weighted by Gasteiger charge is 2.11. The van der Waals surface area contributed by atoms with E-state index in [1.807, 2.05) is 19.4 Å². The smallest absolute Gasteiger partial charge is 0.255 e. The fraction of sp³-hybridized carbons (Fsp3) is 0.385. The molecule has 0 unspecified atom stereocenters. The Balaban J connectivity index is 1.60. The normalized spacial score (nSPS) is 11.1. The van der Waals surface area contributed by atoms with Gasteiger partial charge in [-0.25, -0.2) is 4.98 Å². The van der Waals surface area contributed by atoms with Crippen molar-refractivity contribution in [2.24, 2.45) is 0 Å². The SMILES string of the molecule is Cc1c(Cl)nc2ncnn2c1NCCCCn1ccnc1. The summed E-state index contributed by atoms with van der Waals surface area (Å²) in [6.45, 7) is 3.73. The van der Waals surface area contributed by atoms with Gasteiger partial charge in [0.15, 0.2) is 0 Å². The van der Waals surface area contributed by atoms with E-state index in [0.717, 1.165) is 37.3 Å². The van der Waals surface area contributed by atoms with Crippen molar-refractivity contribution in [3.05, 3.63) is 35.8 Å². The summed E-state index contributed by atoms with van der Waals surface area (Å²) >= 11 is 6.11. The van der Waals surface area contributed by atoms with Crippen LogP contribution >= 0.6 is 11.6 Å². The van der Waals surface area contributed by atoms with Gasteiger partial charge in [-0.15, -0.1) is 0 Å². The van der Waals surface area contributed by atoms with Gasteiger partial charge in [-0.2, -0.15) is 19.6 Å². The van der Waals surface area contributed by atoms with Crippen LogP contribution < -0.4 is 5.32 Å². The van der Waals surface area contributed by atoms with Crippen LogP contribution in [-0.4, -0.2) is 35.7 Å². The maximum atomic E-state index is 6.11. The zero-order chi connectivity index (χ0) is 14.7. The number of aromatic nitrogens is 6. The molecule has 0 aliphatic carbocycles. The average Bonchev–Trinajstić information content (AvgIpc) is 3.13. The van der Waals surface area contributed by atoms with E-state index in [9.17, 15) is 0 Å². The van der Waals surface area contributed by atoms with Crippen LogP contribution in [0.15, 0.2) is 25.0 Å². The van der Waals surface area contributed by atoms with E-state index in [1.54, 1.807) is 10.7 Å². The molecule has 0 atom stereocenters. The number of rotatable bonds is 6. The van der Waals surface area contributed by atoms with E-state index in [4.69, 9.17) is 11.6 Å². The minimum absolute atomic E-state index is 0.455. The molecule has 0 saturated carbocycles. The van der Waals surface area contributed by atoms with Gasteiger partial charge in [0.2, 0.25) is 0 Å². The minimum atomic E-state index is 0.455. The Bertz CT molecular complexity index is 720. The number of hydrogen-bond donors (Lipinski definition) is 1. The summed E-state index contributed by atoms with van der Waals surface area (Å²) in [4.78, 5) is 12.3. The molecule has 3 aromatic heterocycles. The van der Waals surface area contributed by atoms with Crippen LogP contribution in [0.25, 0.3) is 5.78 Å². The first-order chi connectivity index (χ1) is 10.3. The Morgan fingerprint density at radius 1 is 1.33 bits per heavy atom. The van der Waals surface area contributed by atoms with Crippen molar-refractivity contribution in [1.29, 1.82) is 0 Å². The first-order valence-corrected chi connectivity index (χ1v) is 7.19. The van der Waals surface area contributed by atoms with Crippen molar-refractivity contribution in [3.8, 4) is 0 Å². The number of fused-ring (bicyclic) bond motifs is 1. The molecule has 0 saturated heterocycles. The van der Waals surface area contributed by atoms with Gasteiger partial charge in [0.05, 0.1) is 6.33 Å². The van der Waals surface area contributed by atoms with Gasteiger partial charge in [0.1, 0.15) is 17.3 Å². The van der Waals surface area contributed by atoms with E-state index < -0.39 is 0 Å². The molecule has 0 aliphatic heterocycles. The standard InChI is InChI=1S/C13H16ClN7/c1-10-11(14)19-13-17-8-18-21(13)12(10)16-4-2-3-6-20-7-5-15-9-20/h5,7-9,16H,2-4,6H2,1H3. The third-order valence-electron chi connectivity index (χ3n) is 3.30. The van der Waals surface area contributed by atoms with E-state index in [0.29, 0.717) is 10.9 Å². The van der Waals surface area contributed by atoms with Gasteiger partial charge in [-0.05, 0) is 19.8 Å². The van der Waals surface area contributed by atoms with Crippen LogP contribution in [-0.2, 0) is 6.54 Å². The van der Waals surface area contributed by atoms with Crippen LogP contribution in [0.5, 0.6) is 0 Å². The van der Waals surface area contributed by atoms with E-state index in [1.165, 1.54) is 6.33 Å². The molecule has 7 nitrogen and oxygen atoms in total. The molecule has 3 rings (SSSR count). The van der Waals surface area contributed by atoms with Crippen molar-refractivity contribution < 1.29 is 0 Å². The van der Waals surface area contributed by atoms with Crippen molar-refractivity contribution in [2.45, 2.75) is 26.3 Å². The highest BCUT2D eigenvalue weighted by atomic mass is 35.5. The molecule has 3 heterocycles. The summed E-state index contributed by atoms with van der Waals surface area (Å²) in [7, 11) is 0. The molecule has 0 spiro atoms. The van der Waals surface area contributed by atoms with Crippen LogP contribution in [0.4, 0.5) is 5.82 Å². The number of nitrogens with one attached hydrogen (secondary N) is 1. The predicted octanol–water partition coefficient (Wildman–Crippen LogP) is 2.17. The Labute approximate surface area is 127 Å². The number of imidazole rings is 1. The Morgan fingerprint density at radius 2 is 2.24 bits per heavy atom. The van der Waals surface area contributed by atoms with Crippen LogP contribution in [0, 0.1) is 6.92 Å². The summed E-state index contributed by atoms with van der Waals surface area (Å²) in [5, 5.41) is 8.00. The minimum Gasteiger partial charge on any atom is -0.370 e. The lowest BCUT2D eigenvalue weighted by Gasteiger charge is -2.11. The maximum absolute atomic E-state index is 6.11. The number of anilines is 1. The second-order valence-corrected chi connectivity index (χ2v) is 5.14. The van der Waals surface area contributed by atoms with Gasteiger partial charge < -0.3 is 9.88 Å². The number of aryl methyl sites for hydroxylation is 1. The molecule has 8 heteroatoms. The molecule has 21 heavy (non-hydrogen) atoms. The van der Waals surface area contributed by atoms with Crippen molar-refractivity contribution in [1.82, 2.24) is 29.1 Å². The highest BCUT2D eigenvalue weighted by Crippen LogP contribution is 2.21. The van der Waals surface area contributed by atoms with Gasteiger partial charge >= 0.3 is 0 Å². The molecular weight excluding hydrogens is 290 g/mol. The molecular formula is C13H16ClN7. The molecule has 0 radical (unpaired) electrons. The second kappa shape index (κ2) is 6.09. The first kappa shape index (κ1) is 13.8. The fourth-order valence-electron chi connectivity index (χ4n) is 2.15.